The first-order valence-electron chi connectivity index (χ1n) is 10.9. The van der Waals surface area contributed by atoms with Gasteiger partial charge in [0.05, 0.1) is 10.6 Å². The number of hydrogen-bond acceptors (Lipinski definition) is 4. The first kappa shape index (κ1) is 22.8. The van der Waals surface area contributed by atoms with Crippen LogP contribution in [0.15, 0.2) is 47.4 Å². The number of amides is 2. The van der Waals surface area contributed by atoms with E-state index in [1.54, 1.807) is 30.3 Å². The Morgan fingerprint density at radius 1 is 1.12 bits per heavy atom. The van der Waals surface area contributed by atoms with Crippen LogP contribution in [0.25, 0.3) is 0 Å². The summed E-state index contributed by atoms with van der Waals surface area (Å²) in [6.45, 7) is 2.42. The van der Waals surface area contributed by atoms with E-state index in [-0.39, 0.29) is 40.8 Å². The molecular weight excluding hydrogens is 448 g/mol. The highest BCUT2D eigenvalue weighted by atomic mass is 35.5. The van der Waals surface area contributed by atoms with Crippen LogP contribution in [0.2, 0.25) is 5.02 Å². The zero-order chi connectivity index (χ0) is 22.9. The van der Waals surface area contributed by atoms with Crippen LogP contribution in [-0.4, -0.2) is 38.6 Å². The Balaban J connectivity index is 1.32. The lowest BCUT2D eigenvalue weighted by atomic mass is 10.1. The van der Waals surface area contributed by atoms with Gasteiger partial charge in [0.1, 0.15) is 0 Å². The van der Waals surface area contributed by atoms with E-state index in [1.807, 2.05) is 24.0 Å². The standard InChI is InChI=1S/C24H27ClN2O4S/c1-16-14-19-15-21(8-9-22(19)27(16)24(29)18-4-5-18)32(30,31)13-11-23(28)26-12-10-17-2-6-20(25)7-3-17/h2-3,6-9,15-16,18H,4-5,10-14H2,1H3,(H,26,28)/t16-/m0/s1. The van der Waals surface area contributed by atoms with Gasteiger partial charge in [-0.25, -0.2) is 8.42 Å². The van der Waals surface area contributed by atoms with Crippen molar-refractivity contribution in [3.63, 3.8) is 0 Å². The van der Waals surface area contributed by atoms with E-state index in [0.29, 0.717) is 24.4 Å². The van der Waals surface area contributed by atoms with Crippen LogP contribution in [0.4, 0.5) is 5.69 Å². The fraction of sp³-hybridized carbons (Fsp3) is 0.417. The third kappa shape index (κ3) is 5.15. The van der Waals surface area contributed by atoms with Crippen LogP contribution in [0.3, 0.4) is 0 Å². The van der Waals surface area contributed by atoms with Crippen molar-refractivity contribution in [3.05, 3.63) is 58.6 Å². The van der Waals surface area contributed by atoms with E-state index >= 15 is 0 Å². The van der Waals surface area contributed by atoms with Crippen LogP contribution in [0, 0.1) is 5.92 Å². The van der Waals surface area contributed by atoms with Gasteiger partial charge >= 0.3 is 0 Å². The summed E-state index contributed by atoms with van der Waals surface area (Å²) in [7, 11) is -3.60. The smallest absolute Gasteiger partial charge is 0.230 e. The minimum atomic E-state index is -3.60. The molecule has 1 N–H and O–H groups in total. The number of nitrogens with zero attached hydrogens (tertiary/aromatic N) is 1. The SMILES string of the molecule is C[C@H]1Cc2cc(S(=O)(=O)CCC(=O)NCCc3ccc(Cl)cc3)ccc2N1C(=O)C1CC1. The first-order valence-corrected chi connectivity index (χ1v) is 13.0. The number of nitrogens with one attached hydrogen (secondary N) is 1. The molecule has 1 fully saturated rings. The topological polar surface area (TPSA) is 83.6 Å². The molecule has 2 aliphatic rings. The number of hydrogen-bond donors (Lipinski definition) is 1. The Bertz CT molecular complexity index is 1130. The summed E-state index contributed by atoms with van der Waals surface area (Å²) >= 11 is 5.86. The molecule has 1 aliphatic carbocycles. The predicted octanol–water partition coefficient (Wildman–Crippen LogP) is 3.55. The van der Waals surface area contributed by atoms with Gasteiger partial charge in [-0.1, -0.05) is 23.7 Å². The van der Waals surface area contributed by atoms with Gasteiger partial charge in [0.15, 0.2) is 9.84 Å². The molecule has 170 valence electrons. The fourth-order valence-corrected chi connectivity index (χ4v) is 5.51. The van der Waals surface area contributed by atoms with E-state index < -0.39 is 9.84 Å². The summed E-state index contributed by atoms with van der Waals surface area (Å²) in [5.41, 5.74) is 2.73. The lowest BCUT2D eigenvalue weighted by Crippen LogP contribution is -2.36. The molecule has 2 aromatic rings. The normalized spacial score (nSPS) is 17.8. The maximum atomic E-state index is 12.8. The van der Waals surface area contributed by atoms with E-state index in [1.165, 1.54) is 0 Å². The molecule has 1 atom stereocenters. The zero-order valence-electron chi connectivity index (χ0n) is 18.0. The average Bonchev–Trinajstić information content (AvgIpc) is 3.55. The molecule has 32 heavy (non-hydrogen) atoms. The average molecular weight is 475 g/mol. The van der Waals surface area contributed by atoms with Gasteiger partial charge in [-0.2, -0.15) is 0 Å². The van der Waals surface area contributed by atoms with Crippen LogP contribution in [0.1, 0.15) is 37.3 Å². The summed E-state index contributed by atoms with van der Waals surface area (Å²) in [6, 6.07) is 12.4. The van der Waals surface area contributed by atoms with E-state index in [4.69, 9.17) is 11.6 Å². The maximum Gasteiger partial charge on any atom is 0.230 e. The van der Waals surface area contributed by atoms with Crippen LogP contribution in [-0.2, 0) is 32.3 Å². The van der Waals surface area contributed by atoms with Crippen molar-refractivity contribution in [2.24, 2.45) is 5.92 Å². The Morgan fingerprint density at radius 2 is 1.84 bits per heavy atom. The zero-order valence-corrected chi connectivity index (χ0v) is 19.6. The molecule has 0 saturated heterocycles. The molecule has 2 aromatic carbocycles. The number of fused-ring (bicyclic) bond motifs is 1. The Hall–Kier alpha value is -2.38. The van der Waals surface area contributed by atoms with Gasteiger partial charge in [-0.15, -0.1) is 0 Å². The molecular formula is C24H27ClN2O4S. The van der Waals surface area contributed by atoms with Crippen molar-refractivity contribution in [2.75, 3.05) is 17.2 Å². The fourth-order valence-electron chi connectivity index (χ4n) is 4.09. The monoisotopic (exact) mass is 474 g/mol. The minimum absolute atomic E-state index is 0.0301. The highest BCUT2D eigenvalue weighted by molar-refractivity contribution is 7.91. The molecule has 0 bridgehead atoms. The molecule has 0 radical (unpaired) electrons. The Labute approximate surface area is 193 Å². The number of halogens is 1. The lowest BCUT2D eigenvalue weighted by molar-refractivity contribution is -0.121. The largest absolute Gasteiger partial charge is 0.356 e. The molecule has 1 saturated carbocycles. The summed E-state index contributed by atoms with van der Waals surface area (Å²) in [4.78, 5) is 26.8. The lowest BCUT2D eigenvalue weighted by Gasteiger charge is -2.22. The predicted molar refractivity (Wildman–Crippen MR) is 125 cm³/mol. The van der Waals surface area contributed by atoms with E-state index in [2.05, 4.69) is 5.32 Å². The van der Waals surface area contributed by atoms with Gasteiger partial charge < -0.3 is 10.2 Å². The molecule has 4 rings (SSSR count). The number of carbonyl (C=O) groups excluding carboxylic acids is 2. The quantitative estimate of drug-likeness (QED) is 0.634. The van der Waals surface area contributed by atoms with Crippen LogP contribution < -0.4 is 10.2 Å². The third-order valence-electron chi connectivity index (χ3n) is 6.04. The molecule has 2 amide bonds. The highest BCUT2D eigenvalue weighted by Crippen LogP contribution is 2.39. The molecule has 8 heteroatoms. The number of anilines is 1. The van der Waals surface area contributed by atoms with Crippen molar-refractivity contribution in [3.8, 4) is 0 Å². The van der Waals surface area contributed by atoms with E-state index in [9.17, 15) is 18.0 Å². The second kappa shape index (κ2) is 9.24. The van der Waals surface area contributed by atoms with Crippen molar-refractivity contribution >= 4 is 38.9 Å². The maximum absolute atomic E-state index is 12.8. The summed E-state index contributed by atoms with van der Waals surface area (Å²) in [6.07, 6.45) is 3.07. The molecule has 1 aliphatic heterocycles. The van der Waals surface area contributed by atoms with Crippen LogP contribution >= 0.6 is 11.6 Å². The van der Waals surface area contributed by atoms with Gasteiger partial charge in [-0.05, 0) is 74.1 Å². The minimum Gasteiger partial charge on any atom is -0.356 e. The molecule has 1 heterocycles. The molecule has 0 spiro atoms. The van der Waals surface area contributed by atoms with Gasteiger partial charge in [0.2, 0.25) is 11.8 Å². The number of carbonyl (C=O) groups is 2. The number of sulfone groups is 1. The summed E-state index contributed by atoms with van der Waals surface area (Å²) < 4.78 is 25.6. The summed E-state index contributed by atoms with van der Waals surface area (Å²) in [5, 5.41) is 3.43. The molecule has 0 unspecified atom stereocenters. The Morgan fingerprint density at radius 3 is 2.53 bits per heavy atom. The van der Waals surface area contributed by atoms with Crippen molar-refractivity contribution < 1.29 is 18.0 Å². The molecule has 6 nitrogen and oxygen atoms in total. The van der Waals surface area contributed by atoms with Gasteiger partial charge in [0.25, 0.3) is 0 Å². The van der Waals surface area contributed by atoms with E-state index in [0.717, 1.165) is 29.7 Å². The first-order chi connectivity index (χ1) is 15.2. The van der Waals surface area contributed by atoms with Gasteiger partial charge in [0, 0.05) is 35.6 Å². The Kier molecular flexibility index (Phi) is 6.58. The van der Waals surface area contributed by atoms with Crippen LogP contribution in [0.5, 0.6) is 0 Å². The molecule has 0 aromatic heterocycles. The number of rotatable bonds is 8. The second-order valence-electron chi connectivity index (χ2n) is 8.62. The van der Waals surface area contributed by atoms with Crippen molar-refractivity contribution in [1.82, 2.24) is 5.32 Å². The van der Waals surface area contributed by atoms with Gasteiger partial charge in [-0.3, -0.25) is 9.59 Å². The number of benzene rings is 2. The second-order valence-corrected chi connectivity index (χ2v) is 11.2. The van der Waals surface area contributed by atoms with Crippen molar-refractivity contribution in [2.45, 2.75) is 50.0 Å². The highest BCUT2D eigenvalue weighted by Gasteiger charge is 2.39. The van der Waals surface area contributed by atoms with Crippen molar-refractivity contribution in [1.29, 1.82) is 0 Å². The summed E-state index contributed by atoms with van der Waals surface area (Å²) in [5.74, 6) is -0.288. The third-order valence-corrected chi connectivity index (χ3v) is 8.00.